The first-order chi connectivity index (χ1) is 14.0. The Bertz CT molecular complexity index is 800. The number of carbonyl (C=O) groups is 2. The highest BCUT2D eigenvalue weighted by Crippen LogP contribution is 2.19. The van der Waals surface area contributed by atoms with Crippen molar-refractivity contribution in [1.29, 1.82) is 0 Å². The Hall–Kier alpha value is -2.86. The molecule has 1 unspecified atom stereocenters. The van der Waals surface area contributed by atoms with Crippen molar-refractivity contribution in [3.05, 3.63) is 60.2 Å². The molecule has 6 heteroatoms. The Balaban J connectivity index is 1.63. The van der Waals surface area contributed by atoms with Crippen LogP contribution in [0.25, 0.3) is 0 Å². The first kappa shape index (κ1) is 20.9. The summed E-state index contributed by atoms with van der Waals surface area (Å²) >= 11 is 0. The fourth-order valence-corrected chi connectivity index (χ4v) is 3.34. The van der Waals surface area contributed by atoms with Gasteiger partial charge in [-0.1, -0.05) is 32.0 Å². The second-order valence-electron chi connectivity index (χ2n) is 7.66. The van der Waals surface area contributed by atoms with Gasteiger partial charge in [-0.05, 0) is 48.7 Å². The second kappa shape index (κ2) is 10.1. The van der Waals surface area contributed by atoms with E-state index in [1.165, 1.54) is 0 Å². The third-order valence-electron chi connectivity index (χ3n) is 4.88. The number of anilines is 2. The lowest BCUT2D eigenvalue weighted by molar-refractivity contribution is -0.118. The van der Waals surface area contributed by atoms with Gasteiger partial charge in [-0.15, -0.1) is 0 Å². The summed E-state index contributed by atoms with van der Waals surface area (Å²) in [6.45, 7) is 7.27. The van der Waals surface area contributed by atoms with E-state index >= 15 is 0 Å². The molecule has 0 spiro atoms. The van der Waals surface area contributed by atoms with Crippen LogP contribution in [0.1, 0.15) is 30.6 Å². The summed E-state index contributed by atoms with van der Waals surface area (Å²) in [5.74, 6) is -0.179. The van der Waals surface area contributed by atoms with Gasteiger partial charge in [0.25, 0.3) is 5.91 Å². The number of nitrogens with zero attached hydrogens (tertiary/aromatic N) is 1. The molecule has 0 aromatic heterocycles. The maximum Gasteiger partial charge on any atom is 0.251 e. The van der Waals surface area contributed by atoms with Crippen molar-refractivity contribution in [2.45, 2.75) is 26.3 Å². The van der Waals surface area contributed by atoms with Crippen molar-refractivity contribution in [2.75, 3.05) is 36.5 Å². The number of amides is 2. The summed E-state index contributed by atoms with van der Waals surface area (Å²) in [7, 11) is 0. The quantitative estimate of drug-likeness (QED) is 0.755. The third kappa shape index (κ3) is 6.06. The van der Waals surface area contributed by atoms with Crippen LogP contribution in [0.15, 0.2) is 54.6 Å². The molecule has 0 radical (unpaired) electrons. The van der Waals surface area contributed by atoms with E-state index < -0.39 is 6.04 Å². The molecule has 29 heavy (non-hydrogen) atoms. The number of rotatable bonds is 7. The van der Waals surface area contributed by atoms with Crippen molar-refractivity contribution in [3.63, 3.8) is 0 Å². The van der Waals surface area contributed by atoms with Crippen molar-refractivity contribution >= 4 is 23.2 Å². The molecule has 154 valence electrons. The van der Waals surface area contributed by atoms with Crippen LogP contribution >= 0.6 is 0 Å². The summed E-state index contributed by atoms with van der Waals surface area (Å²) in [5, 5.41) is 5.81. The molecule has 2 aromatic rings. The highest BCUT2D eigenvalue weighted by molar-refractivity contribution is 6.01. The number of benzene rings is 2. The van der Waals surface area contributed by atoms with Gasteiger partial charge in [-0.25, -0.2) is 0 Å². The lowest BCUT2D eigenvalue weighted by Crippen LogP contribution is -2.44. The van der Waals surface area contributed by atoms with Gasteiger partial charge >= 0.3 is 0 Å². The summed E-state index contributed by atoms with van der Waals surface area (Å²) in [5.41, 5.74) is 2.38. The van der Waals surface area contributed by atoms with Crippen LogP contribution in [0.3, 0.4) is 0 Å². The summed E-state index contributed by atoms with van der Waals surface area (Å²) in [6, 6.07) is 16.2. The molecule has 2 aromatic carbocycles. The van der Waals surface area contributed by atoms with Crippen LogP contribution in [-0.2, 0) is 9.53 Å². The predicted octanol–water partition coefficient (Wildman–Crippen LogP) is 3.31. The SMILES string of the molecule is CC(C)CC(NC(=O)c1ccccc1)C(=O)Nc1ccc(N2CCOCC2)cc1. The van der Waals surface area contributed by atoms with Crippen LogP contribution in [0.5, 0.6) is 0 Å². The zero-order chi connectivity index (χ0) is 20.6. The second-order valence-corrected chi connectivity index (χ2v) is 7.66. The van der Waals surface area contributed by atoms with Crippen LogP contribution in [0.4, 0.5) is 11.4 Å². The molecular weight excluding hydrogens is 366 g/mol. The van der Waals surface area contributed by atoms with Crippen LogP contribution in [0.2, 0.25) is 0 Å². The molecule has 3 rings (SSSR count). The van der Waals surface area contributed by atoms with Gasteiger partial charge in [0.05, 0.1) is 13.2 Å². The van der Waals surface area contributed by atoms with E-state index in [0.717, 1.165) is 37.7 Å². The highest BCUT2D eigenvalue weighted by Gasteiger charge is 2.23. The van der Waals surface area contributed by atoms with E-state index in [0.29, 0.717) is 12.0 Å². The molecule has 1 heterocycles. The van der Waals surface area contributed by atoms with Crippen molar-refractivity contribution in [1.82, 2.24) is 5.32 Å². The van der Waals surface area contributed by atoms with E-state index in [-0.39, 0.29) is 17.7 Å². The Labute approximate surface area is 172 Å². The standard InChI is InChI=1S/C23H29N3O3/c1-17(2)16-21(25-22(27)18-6-4-3-5-7-18)23(28)24-19-8-10-20(11-9-19)26-12-14-29-15-13-26/h3-11,17,21H,12-16H2,1-2H3,(H,24,28)(H,25,27). The minimum absolute atomic E-state index is 0.206. The maximum atomic E-state index is 12.8. The molecular formula is C23H29N3O3. The van der Waals surface area contributed by atoms with E-state index in [9.17, 15) is 9.59 Å². The Morgan fingerprint density at radius 1 is 1.00 bits per heavy atom. The summed E-state index contributed by atoms with van der Waals surface area (Å²) in [4.78, 5) is 27.6. The zero-order valence-corrected chi connectivity index (χ0v) is 17.1. The monoisotopic (exact) mass is 395 g/mol. The average molecular weight is 396 g/mol. The lowest BCUT2D eigenvalue weighted by Gasteiger charge is -2.29. The number of hydrogen-bond acceptors (Lipinski definition) is 4. The first-order valence-electron chi connectivity index (χ1n) is 10.1. The largest absolute Gasteiger partial charge is 0.378 e. The van der Waals surface area contributed by atoms with Gasteiger partial charge in [-0.3, -0.25) is 9.59 Å². The predicted molar refractivity (Wildman–Crippen MR) is 115 cm³/mol. The normalized spacial score (nSPS) is 15.1. The smallest absolute Gasteiger partial charge is 0.251 e. The molecule has 2 amide bonds. The van der Waals surface area contributed by atoms with E-state index in [1.807, 2.05) is 56.3 Å². The molecule has 0 bridgehead atoms. The number of hydrogen-bond donors (Lipinski definition) is 2. The molecule has 2 N–H and O–H groups in total. The zero-order valence-electron chi connectivity index (χ0n) is 17.1. The average Bonchev–Trinajstić information content (AvgIpc) is 2.74. The fraction of sp³-hybridized carbons (Fsp3) is 0.391. The Morgan fingerprint density at radius 3 is 2.28 bits per heavy atom. The number of nitrogens with one attached hydrogen (secondary N) is 2. The van der Waals surface area contributed by atoms with E-state index in [2.05, 4.69) is 15.5 Å². The van der Waals surface area contributed by atoms with E-state index in [4.69, 9.17) is 4.74 Å². The maximum absolute atomic E-state index is 12.8. The number of carbonyl (C=O) groups excluding carboxylic acids is 2. The Kier molecular flexibility index (Phi) is 7.25. The number of ether oxygens (including phenoxy) is 1. The van der Waals surface area contributed by atoms with Gasteiger partial charge in [0.15, 0.2) is 0 Å². The lowest BCUT2D eigenvalue weighted by atomic mass is 10.0. The van der Waals surface area contributed by atoms with Crippen LogP contribution in [-0.4, -0.2) is 44.2 Å². The minimum atomic E-state index is -0.596. The molecule has 1 fully saturated rings. The van der Waals surface area contributed by atoms with Gasteiger partial charge in [0, 0.05) is 30.0 Å². The van der Waals surface area contributed by atoms with Gasteiger partial charge < -0.3 is 20.3 Å². The molecule has 1 saturated heterocycles. The fourth-order valence-electron chi connectivity index (χ4n) is 3.34. The highest BCUT2D eigenvalue weighted by atomic mass is 16.5. The summed E-state index contributed by atoms with van der Waals surface area (Å²) < 4.78 is 5.39. The molecule has 1 aliphatic heterocycles. The minimum Gasteiger partial charge on any atom is -0.378 e. The molecule has 0 saturated carbocycles. The number of morpholine rings is 1. The molecule has 1 atom stereocenters. The van der Waals surface area contributed by atoms with Crippen molar-refractivity contribution in [2.24, 2.45) is 5.92 Å². The van der Waals surface area contributed by atoms with E-state index in [1.54, 1.807) is 12.1 Å². The van der Waals surface area contributed by atoms with Crippen LogP contribution in [0, 0.1) is 5.92 Å². The van der Waals surface area contributed by atoms with Crippen molar-refractivity contribution in [3.8, 4) is 0 Å². The van der Waals surface area contributed by atoms with Crippen molar-refractivity contribution < 1.29 is 14.3 Å². The van der Waals surface area contributed by atoms with Gasteiger partial charge in [0.2, 0.25) is 5.91 Å². The summed E-state index contributed by atoms with van der Waals surface area (Å²) in [6.07, 6.45) is 0.566. The van der Waals surface area contributed by atoms with Crippen LogP contribution < -0.4 is 15.5 Å². The molecule has 1 aliphatic rings. The molecule has 0 aliphatic carbocycles. The Morgan fingerprint density at radius 2 is 1.66 bits per heavy atom. The first-order valence-corrected chi connectivity index (χ1v) is 10.1. The topological polar surface area (TPSA) is 70.7 Å². The third-order valence-corrected chi connectivity index (χ3v) is 4.88. The van der Waals surface area contributed by atoms with Gasteiger partial charge in [0.1, 0.15) is 6.04 Å². The van der Waals surface area contributed by atoms with Gasteiger partial charge in [-0.2, -0.15) is 0 Å². The molecule has 6 nitrogen and oxygen atoms in total.